The fourth-order valence-corrected chi connectivity index (χ4v) is 1.51. The van der Waals surface area contributed by atoms with Crippen LogP contribution in [0.5, 0.6) is 0 Å². The molecule has 0 saturated carbocycles. The average Bonchev–Trinajstić information content (AvgIpc) is 2.41. The van der Waals surface area contributed by atoms with Crippen molar-refractivity contribution >= 4 is 0 Å². The summed E-state index contributed by atoms with van der Waals surface area (Å²) in [5.74, 6) is 0.363. The summed E-state index contributed by atoms with van der Waals surface area (Å²) in [5, 5.41) is 8.05. The Morgan fingerprint density at radius 3 is 3.31 bits per heavy atom. The summed E-state index contributed by atoms with van der Waals surface area (Å²) in [4.78, 5) is 0. The van der Waals surface area contributed by atoms with E-state index < -0.39 is 0 Å². The summed E-state index contributed by atoms with van der Waals surface area (Å²) in [6.45, 7) is 4.74. The van der Waals surface area contributed by atoms with Crippen molar-refractivity contribution < 1.29 is 4.74 Å². The van der Waals surface area contributed by atoms with E-state index in [0.29, 0.717) is 19.1 Å². The highest BCUT2D eigenvalue weighted by Crippen LogP contribution is 2.13. The molecule has 0 radical (unpaired) electrons. The lowest BCUT2D eigenvalue weighted by atomic mass is 10.2. The average molecular weight is 182 g/mol. The second-order valence-electron chi connectivity index (χ2n) is 3.42. The van der Waals surface area contributed by atoms with E-state index in [1.54, 1.807) is 0 Å². The molecular weight excluding hydrogens is 168 g/mol. The Bertz CT molecular complexity index is 296. The summed E-state index contributed by atoms with van der Waals surface area (Å²) in [6.07, 6.45) is 0. The standard InChI is InChI=1S/C8H14N4O/c1-6-8-5-13-4-7(2-9)3-12(8)11-10-6/h7H,2-5,9H2,1H3. The predicted octanol–water partition coefficient (Wildman–Crippen LogP) is -0.308. The van der Waals surface area contributed by atoms with Crippen LogP contribution in [0, 0.1) is 12.8 Å². The van der Waals surface area contributed by atoms with Gasteiger partial charge in [0.1, 0.15) is 0 Å². The Morgan fingerprint density at radius 1 is 1.69 bits per heavy atom. The van der Waals surface area contributed by atoms with Gasteiger partial charge in [0.2, 0.25) is 0 Å². The summed E-state index contributed by atoms with van der Waals surface area (Å²) in [5.41, 5.74) is 7.63. The largest absolute Gasteiger partial charge is 0.375 e. The lowest BCUT2D eigenvalue weighted by molar-refractivity contribution is 0.0965. The molecule has 0 fully saturated rings. The highest BCUT2D eigenvalue weighted by molar-refractivity contribution is 5.07. The molecule has 1 aliphatic heterocycles. The molecular formula is C8H14N4O. The van der Waals surface area contributed by atoms with Crippen molar-refractivity contribution in [2.75, 3.05) is 13.2 Å². The monoisotopic (exact) mass is 182 g/mol. The van der Waals surface area contributed by atoms with Gasteiger partial charge in [0.05, 0.1) is 24.6 Å². The van der Waals surface area contributed by atoms with E-state index in [1.807, 2.05) is 11.6 Å². The number of rotatable bonds is 1. The van der Waals surface area contributed by atoms with Crippen molar-refractivity contribution in [3.8, 4) is 0 Å². The van der Waals surface area contributed by atoms with E-state index >= 15 is 0 Å². The Labute approximate surface area is 76.9 Å². The minimum Gasteiger partial charge on any atom is -0.375 e. The number of hydrogen-bond donors (Lipinski definition) is 1. The molecule has 5 heteroatoms. The summed E-state index contributed by atoms with van der Waals surface area (Å²) in [7, 11) is 0. The highest BCUT2D eigenvalue weighted by atomic mass is 16.5. The van der Waals surface area contributed by atoms with Gasteiger partial charge in [-0.3, -0.25) is 0 Å². The second kappa shape index (κ2) is 3.43. The normalized spacial score (nSPS) is 22.5. The van der Waals surface area contributed by atoms with Gasteiger partial charge >= 0.3 is 0 Å². The number of nitrogens with two attached hydrogens (primary N) is 1. The van der Waals surface area contributed by atoms with E-state index in [9.17, 15) is 0 Å². The molecule has 0 amide bonds. The van der Waals surface area contributed by atoms with Gasteiger partial charge in [-0.05, 0) is 13.5 Å². The van der Waals surface area contributed by atoms with Crippen molar-refractivity contribution in [1.29, 1.82) is 0 Å². The van der Waals surface area contributed by atoms with Gasteiger partial charge in [-0.15, -0.1) is 5.10 Å². The molecule has 13 heavy (non-hydrogen) atoms. The van der Waals surface area contributed by atoms with Crippen LogP contribution in [0.1, 0.15) is 11.4 Å². The van der Waals surface area contributed by atoms with Gasteiger partial charge in [0.15, 0.2) is 0 Å². The van der Waals surface area contributed by atoms with Gasteiger partial charge in [-0.25, -0.2) is 4.68 Å². The van der Waals surface area contributed by atoms with Crippen LogP contribution >= 0.6 is 0 Å². The van der Waals surface area contributed by atoms with Crippen LogP contribution in [-0.2, 0) is 17.9 Å². The molecule has 1 aliphatic rings. The van der Waals surface area contributed by atoms with Crippen LogP contribution in [-0.4, -0.2) is 28.1 Å². The molecule has 72 valence electrons. The maximum absolute atomic E-state index is 5.60. The van der Waals surface area contributed by atoms with E-state index in [2.05, 4.69) is 10.3 Å². The van der Waals surface area contributed by atoms with Crippen LogP contribution in [0.3, 0.4) is 0 Å². The molecule has 0 spiro atoms. The van der Waals surface area contributed by atoms with Crippen molar-refractivity contribution in [2.45, 2.75) is 20.1 Å². The van der Waals surface area contributed by atoms with Gasteiger partial charge in [0, 0.05) is 12.5 Å². The number of fused-ring (bicyclic) bond motifs is 1. The molecule has 0 bridgehead atoms. The van der Waals surface area contributed by atoms with Crippen molar-refractivity contribution in [3.05, 3.63) is 11.4 Å². The summed E-state index contributed by atoms with van der Waals surface area (Å²) >= 11 is 0. The summed E-state index contributed by atoms with van der Waals surface area (Å²) < 4.78 is 7.39. The predicted molar refractivity (Wildman–Crippen MR) is 47.0 cm³/mol. The van der Waals surface area contributed by atoms with Crippen LogP contribution in [0.15, 0.2) is 0 Å². The fraction of sp³-hybridized carbons (Fsp3) is 0.750. The first-order valence-electron chi connectivity index (χ1n) is 4.48. The lowest BCUT2D eigenvalue weighted by Gasteiger charge is -2.09. The quantitative estimate of drug-likeness (QED) is 0.647. The molecule has 0 aliphatic carbocycles. The molecule has 1 atom stereocenters. The topological polar surface area (TPSA) is 66.0 Å². The Hall–Kier alpha value is -0.940. The fourth-order valence-electron chi connectivity index (χ4n) is 1.51. The molecule has 5 nitrogen and oxygen atoms in total. The van der Waals surface area contributed by atoms with Crippen molar-refractivity contribution in [1.82, 2.24) is 15.0 Å². The van der Waals surface area contributed by atoms with Gasteiger partial charge in [-0.2, -0.15) is 0 Å². The third-order valence-corrected chi connectivity index (χ3v) is 2.39. The lowest BCUT2D eigenvalue weighted by Crippen LogP contribution is -2.23. The zero-order valence-corrected chi connectivity index (χ0v) is 7.73. The third kappa shape index (κ3) is 1.57. The molecule has 0 aromatic carbocycles. The van der Waals surface area contributed by atoms with E-state index in [4.69, 9.17) is 10.5 Å². The number of nitrogens with zero attached hydrogens (tertiary/aromatic N) is 3. The molecule has 1 unspecified atom stereocenters. The maximum Gasteiger partial charge on any atom is 0.0904 e. The summed E-state index contributed by atoms with van der Waals surface area (Å²) in [6, 6.07) is 0. The first kappa shape index (κ1) is 8.65. The minimum absolute atomic E-state index is 0.363. The van der Waals surface area contributed by atoms with Crippen LogP contribution in [0.4, 0.5) is 0 Å². The van der Waals surface area contributed by atoms with Crippen molar-refractivity contribution in [2.24, 2.45) is 11.7 Å². The van der Waals surface area contributed by atoms with Gasteiger partial charge < -0.3 is 10.5 Å². The van der Waals surface area contributed by atoms with Crippen molar-refractivity contribution in [3.63, 3.8) is 0 Å². The molecule has 2 heterocycles. The molecule has 1 aromatic heterocycles. The Morgan fingerprint density at radius 2 is 2.54 bits per heavy atom. The first-order valence-corrected chi connectivity index (χ1v) is 4.48. The molecule has 0 saturated heterocycles. The number of aryl methyl sites for hydroxylation is 1. The Kier molecular flexibility index (Phi) is 2.28. The number of ether oxygens (including phenoxy) is 1. The van der Waals surface area contributed by atoms with Crippen LogP contribution in [0.25, 0.3) is 0 Å². The molecule has 2 rings (SSSR count). The van der Waals surface area contributed by atoms with E-state index in [0.717, 1.165) is 24.5 Å². The smallest absolute Gasteiger partial charge is 0.0904 e. The minimum atomic E-state index is 0.363. The number of aromatic nitrogens is 3. The van der Waals surface area contributed by atoms with E-state index in [-0.39, 0.29) is 0 Å². The maximum atomic E-state index is 5.60. The van der Waals surface area contributed by atoms with Crippen LogP contribution < -0.4 is 5.73 Å². The molecule has 1 aromatic rings. The van der Waals surface area contributed by atoms with Gasteiger partial charge in [-0.1, -0.05) is 5.21 Å². The highest BCUT2D eigenvalue weighted by Gasteiger charge is 2.18. The van der Waals surface area contributed by atoms with Crippen LogP contribution in [0.2, 0.25) is 0 Å². The Balaban J connectivity index is 2.24. The molecule has 2 N–H and O–H groups in total. The zero-order chi connectivity index (χ0) is 9.26. The number of hydrogen-bond acceptors (Lipinski definition) is 4. The second-order valence-corrected chi connectivity index (χ2v) is 3.42. The van der Waals surface area contributed by atoms with Gasteiger partial charge in [0.25, 0.3) is 0 Å². The third-order valence-electron chi connectivity index (χ3n) is 2.39. The SMILES string of the molecule is Cc1nnn2c1COCC(CN)C2. The van der Waals surface area contributed by atoms with E-state index in [1.165, 1.54) is 0 Å². The first-order chi connectivity index (χ1) is 6.31. The zero-order valence-electron chi connectivity index (χ0n) is 7.73.